The second-order valence-corrected chi connectivity index (χ2v) is 9.26. The smallest absolute Gasteiger partial charge is 0.261 e. The first-order valence-electron chi connectivity index (χ1n) is 12.2. The van der Waals surface area contributed by atoms with E-state index in [0.29, 0.717) is 18.7 Å². The summed E-state index contributed by atoms with van der Waals surface area (Å²) in [5.74, 6) is 0.471. The van der Waals surface area contributed by atoms with E-state index in [0.717, 1.165) is 47.9 Å². The van der Waals surface area contributed by atoms with Crippen molar-refractivity contribution in [3.05, 3.63) is 64.7 Å². The quantitative estimate of drug-likeness (QED) is 0.568. The largest absolute Gasteiger partial charge is 0.483 e. The monoisotopic (exact) mass is 450 g/mol. The first-order valence-corrected chi connectivity index (χ1v) is 12.2. The molecule has 1 atom stereocenters. The molecule has 0 heterocycles. The highest BCUT2D eigenvalue weighted by molar-refractivity contribution is 5.88. The minimum Gasteiger partial charge on any atom is -0.483 e. The highest BCUT2D eigenvalue weighted by Gasteiger charge is 2.30. The third-order valence-corrected chi connectivity index (χ3v) is 6.68. The number of amides is 2. The summed E-state index contributed by atoms with van der Waals surface area (Å²) in [6.07, 6.45) is 6.12. The van der Waals surface area contributed by atoms with Crippen LogP contribution in [-0.2, 0) is 16.1 Å². The highest BCUT2D eigenvalue weighted by atomic mass is 16.5. The van der Waals surface area contributed by atoms with E-state index in [1.807, 2.05) is 64.1 Å². The van der Waals surface area contributed by atoms with Crippen LogP contribution in [0.4, 0.5) is 0 Å². The van der Waals surface area contributed by atoms with Gasteiger partial charge in [-0.15, -0.1) is 0 Å². The summed E-state index contributed by atoms with van der Waals surface area (Å²) in [6.45, 7) is 8.30. The number of benzene rings is 2. The number of nitrogens with one attached hydrogen (secondary N) is 1. The second-order valence-electron chi connectivity index (χ2n) is 9.26. The van der Waals surface area contributed by atoms with E-state index < -0.39 is 6.04 Å². The van der Waals surface area contributed by atoms with Crippen LogP contribution in [0.5, 0.6) is 5.75 Å². The van der Waals surface area contributed by atoms with Gasteiger partial charge in [0.2, 0.25) is 5.91 Å². The van der Waals surface area contributed by atoms with Gasteiger partial charge in [-0.25, -0.2) is 0 Å². The number of hydrogen-bond donors (Lipinski definition) is 1. The fraction of sp³-hybridized carbons (Fsp3) is 0.500. The van der Waals surface area contributed by atoms with Gasteiger partial charge in [-0.05, 0) is 62.8 Å². The third-order valence-electron chi connectivity index (χ3n) is 6.68. The van der Waals surface area contributed by atoms with Crippen LogP contribution in [0.3, 0.4) is 0 Å². The number of carbonyl (C=O) groups excluding carboxylic acids is 2. The van der Waals surface area contributed by atoms with Gasteiger partial charge in [0.25, 0.3) is 5.91 Å². The van der Waals surface area contributed by atoms with Gasteiger partial charge in [0.1, 0.15) is 11.8 Å². The van der Waals surface area contributed by atoms with Crippen molar-refractivity contribution in [1.29, 1.82) is 0 Å². The number of aryl methyl sites for hydroxylation is 2. The molecule has 1 fully saturated rings. The van der Waals surface area contributed by atoms with Crippen molar-refractivity contribution in [2.45, 2.75) is 84.8 Å². The van der Waals surface area contributed by atoms with Crippen LogP contribution in [0.15, 0.2) is 42.5 Å². The van der Waals surface area contributed by atoms with E-state index in [4.69, 9.17) is 4.74 Å². The van der Waals surface area contributed by atoms with Crippen LogP contribution >= 0.6 is 0 Å². The molecule has 0 aromatic heterocycles. The lowest BCUT2D eigenvalue weighted by atomic mass is 9.95. The van der Waals surface area contributed by atoms with Gasteiger partial charge in [0, 0.05) is 12.6 Å². The number of nitrogens with zero attached hydrogens (tertiary/aromatic N) is 1. The predicted octanol–water partition coefficient (Wildman–Crippen LogP) is 5.25. The lowest BCUT2D eigenvalue weighted by molar-refractivity contribution is -0.143. The minimum atomic E-state index is -0.526. The van der Waals surface area contributed by atoms with Crippen LogP contribution in [0.25, 0.3) is 0 Å². The van der Waals surface area contributed by atoms with Crippen molar-refractivity contribution in [1.82, 2.24) is 10.2 Å². The van der Waals surface area contributed by atoms with Gasteiger partial charge >= 0.3 is 0 Å². The fourth-order valence-electron chi connectivity index (χ4n) is 4.57. The minimum absolute atomic E-state index is 0.0582. The molecule has 0 radical (unpaired) electrons. The van der Waals surface area contributed by atoms with E-state index in [1.54, 1.807) is 4.90 Å². The number of ether oxygens (including phenoxy) is 1. The Kier molecular flexibility index (Phi) is 8.93. The third kappa shape index (κ3) is 6.83. The van der Waals surface area contributed by atoms with E-state index >= 15 is 0 Å². The first kappa shape index (κ1) is 24.8. The Balaban J connectivity index is 1.78. The van der Waals surface area contributed by atoms with Gasteiger partial charge < -0.3 is 15.0 Å². The fourth-order valence-corrected chi connectivity index (χ4v) is 4.57. The first-order chi connectivity index (χ1) is 15.9. The van der Waals surface area contributed by atoms with Crippen molar-refractivity contribution >= 4 is 11.8 Å². The van der Waals surface area contributed by atoms with Crippen molar-refractivity contribution in [3.8, 4) is 5.75 Å². The molecule has 1 saturated carbocycles. The maximum atomic E-state index is 13.4. The van der Waals surface area contributed by atoms with Crippen molar-refractivity contribution in [2.24, 2.45) is 0 Å². The molecule has 1 aliphatic rings. The van der Waals surface area contributed by atoms with Crippen LogP contribution in [0.2, 0.25) is 0 Å². The van der Waals surface area contributed by atoms with Gasteiger partial charge in [-0.1, -0.05) is 68.1 Å². The Labute approximate surface area is 198 Å². The molecule has 0 spiro atoms. The normalized spacial score (nSPS) is 15.0. The molecule has 0 unspecified atom stereocenters. The van der Waals surface area contributed by atoms with E-state index in [-0.39, 0.29) is 24.5 Å². The predicted molar refractivity (Wildman–Crippen MR) is 132 cm³/mol. The van der Waals surface area contributed by atoms with Gasteiger partial charge in [-0.2, -0.15) is 0 Å². The summed E-state index contributed by atoms with van der Waals surface area (Å²) in [5, 5.41) is 3.22. The van der Waals surface area contributed by atoms with Gasteiger partial charge in [0.05, 0.1) is 0 Å². The molecule has 3 rings (SSSR count). The maximum Gasteiger partial charge on any atom is 0.261 e. The van der Waals surface area contributed by atoms with Crippen molar-refractivity contribution < 1.29 is 14.3 Å². The molecule has 5 nitrogen and oxygen atoms in total. The standard InChI is InChI=1S/C28H38N2O3/c1-5-25(28(32)29-24-14-7-6-8-15-24)30(18-23-13-9-11-20(2)17-23)27(31)19-33-26-16-10-12-21(3)22(26)4/h9-13,16-17,24-25H,5-8,14-15,18-19H2,1-4H3,(H,29,32)/t25-/m1/s1. The summed E-state index contributed by atoms with van der Waals surface area (Å²) in [6, 6.07) is 13.6. The summed E-state index contributed by atoms with van der Waals surface area (Å²) in [5.41, 5.74) is 4.29. The van der Waals surface area contributed by atoms with Crippen LogP contribution < -0.4 is 10.1 Å². The molecular formula is C28H38N2O3. The molecule has 2 aromatic rings. The van der Waals surface area contributed by atoms with Gasteiger partial charge in [0.15, 0.2) is 6.61 Å². The SMILES string of the molecule is CC[C@H](C(=O)NC1CCCCC1)N(Cc1cccc(C)c1)C(=O)COc1cccc(C)c1C. The van der Waals surface area contributed by atoms with Crippen molar-refractivity contribution in [3.63, 3.8) is 0 Å². The zero-order chi connectivity index (χ0) is 23.8. The van der Waals surface area contributed by atoms with E-state index in [2.05, 4.69) is 11.4 Å². The molecule has 5 heteroatoms. The molecule has 0 aliphatic heterocycles. The number of rotatable bonds is 9. The molecular weight excluding hydrogens is 412 g/mol. The zero-order valence-corrected chi connectivity index (χ0v) is 20.5. The van der Waals surface area contributed by atoms with Crippen molar-refractivity contribution in [2.75, 3.05) is 6.61 Å². The molecule has 1 aliphatic carbocycles. The molecule has 0 bridgehead atoms. The van der Waals surface area contributed by atoms with Crippen LogP contribution in [0, 0.1) is 20.8 Å². The van der Waals surface area contributed by atoms with Gasteiger partial charge in [-0.3, -0.25) is 9.59 Å². The Morgan fingerprint density at radius 2 is 1.79 bits per heavy atom. The molecule has 0 saturated heterocycles. The molecule has 2 aromatic carbocycles. The maximum absolute atomic E-state index is 13.4. The summed E-state index contributed by atoms with van der Waals surface area (Å²) >= 11 is 0. The Morgan fingerprint density at radius 1 is 1.06 bits per heavy atom. The lowest BCUT2D eigenvalue weighted by Gasteiger charge is -2.32. The molecule has 1 N–H and O–H groups in total. The topological polar surface area (TPSA) is 58.6 Å². The molecule has 2 amide bonds. The summed E-state index contributed by atoms with van der Waals surface area (Å²) < 4.78 is 5.92. The van der Waals surface area contributed by atoms with E-state index in [1.165, 1.54) is 6.42 Å². The molecule has 33 heavy (non-hydrogen) atoms. The Morgan fingerprint density at radius 3 is 2.48 bits per heavy atom. The number of carbonyl (C=O) groups is 2. The van der Waals surface area contributed by atoms with E-state index in [9.17, 15) is 9.59 Å². The van der Waals surface area contributed by atoms with Crippen LogP contribution in [0.1, 0.15) is 67.7 Å². The number of hydrogen-bond acceptors (Lipinski definition) is 3. The average Bonchev–Trinajstić information content (AvgIpc) is 2.80. The second kappa shape index (κ2) is 11.9. The zero-order valence-electron chi connectivity index (χ0n) is 20.5. The molecule has 178 valence electrons. The Bertz CT molecular complexity index is 950. The van der Waals surface area contributed by atoms with Crippen LogP contribution in [-0.4, -0.2) is 35.4 Å². The average molecular weight is 451 g/mol. The summed E-state index contributed by atoms with van der Waals surface area (Å²) in [4.78, 5) is 28.4. The summed E-state index contributed by atoms with van der Waals surface area (Å²) in [7, 11) is 0. The lowest BCUT2D eigenvalue weighted by Crippen LogP contribution is -2.52. The highest BCUT2D eigenvalue weighted by Crippen LogP contribution is 2.22. The Hall–Kier alpha value is -2.82.